The third kappa shape index (κ3) is 5.69. The smallest absolute Gasteiger partial charge is 0.314 e. The number of halogens is 2. The van der Waals surface area contributed by atoms with Gasteiger partial charge in [0.25, 0.3) is 0 Å². The number of carbonyl (C=O) groups excluding carboxylic acids is 1. The second-order valence-corrected chi connectivity index (χ2v) is 10.9. The molecule has 3 aliphatic rings. The quantitative estimate of drug-likeness (QED) is 0.235. The maximum atomic E-state index is 14.4. The molecule has 3 fully saturated rings. The summed E-state index contributed by atoms with van der Waals surface area (Å²) in [4.78, 5) is 12.7. The van der Waals surface area contributed by atoms with E-state index in [2.05, 4.69) is 13.5 Å². The lowest BCUT2D eigenvalue weighted by Crippen LogP contribution is -2.35. The summed E-state index contributed by atoms with van der Waals surface area (Å²) in [7, 11) is 0. The van der Waals surface area contributed by atoms with Gasteiger partial charge >= 0.3 is 5.97 Å². The highest BCUT2D eigenvalue weighted by Gasteiger charge is 2.39. The number of fused-ring (bicyclic) bond motifs is 1. The van der Waals surface area contributed by atoms with Crippen LogP contribution in [0.3, 0.4) is 0 Å². The Bertz CT molecular complexity index is 827. The van der Waals surface area contributed by atoms with Gasteiger partial charge in [0.05, 0.1) is 5.92 Å². The highest BCUT2D eigenvalue weighted by atomic mass is 19.2. The summed E-state index contributed by atoms with van der Waals surface area (Å²) >= 11 is 0. The highest BCUT2D eigenvalue weighted by Crippen LogP contribution is 2.49. The number of hydrogen-bond acceptors (Lipinski definition) is 2. The van der Waals surface area contributed by atoms with Crippen molar-refractivity contribution < 1.29 is 18.3 Å². The van der Waals surface area contributed by atoms with Crippen molar-refractivity contribution in [3.05, 3.63) is 42.0 Å². The Kier molecular flexibility index (Phi) is 8.24. The molecule has 0 radical (unpaired) electrons. The lowest BCUT2D eigenvalue weighted by atomic mass is 9.61. The summed E-state index contributed by atoms with van der Waals surface area (Å²) in [6.45, 7) is 5.95. The Morgan fingerprint density at radius 1 is 0.939 bits per heavy atom. The number of ether oxygens (including phenoxy) is 1. The predicted molar refractivity (Wildman–Crippen MR) is 128 cm³/mol. The molecule has 0 aromatic heterocycles. The lowest BCUT2D eigenvalue weighted by Gasteiger charge is -2.45. The molecule has 4 atom stereocenters. The van der Waals surface area contributed by atoms with Gasteiger partial charge in [-0.3, -0.25) is 4.79 Å². The van der Waals surface area contributed by atoms with Crippen molar-refractivity contribution in [3.8, 4) is 5.75 Å². The van der Waals surface area contributed by atoms with Crippen molar-refractivity contribution in [1.82, 2.24) is 0 Å². The van der Waals surface area contributed by atoms with Gasteiger partial charge in [-0.05, 0) is 112 Å². The van der Waals surface area contributed by atoms with Crippen LogP contribution in [0, 0.1) is 47.1 Å². The van der Waals surface area contributed by atoms with Crippen molar-refractivity contribution in [2.45, 2.75) is 90.4 Å². The van der Waals surface area contributed by atoms with Crippen molar-refractivity contribution >= 4 is 5.97 Å². The van der Waals surface area contributed by atoms with Crippen LogP contribution in [-0.4, -0.2) is 5.97 Å². The molecule has 2 nitrogen and oxygen atoms in total. The van der Waals surface area contributed by atoms with E-state index in [1.807, 2.05) is 0 Å². The summed E-state index contributed by atoms with van der Waals surface area (Å²) in [5.41, 5.74) is 0.283. The number of hydrogen-bond donors (Lipinski definition) is 0. The van der Waals surface area contributed by atoms with E-state index < -0.39 is 17.6 Å². The second kappa shape index (κ2) is 11.1. The molecule has 3 aliphatic carbocycles. The van der Waals surface area contributed by atoms with E-state index in [0.717, 1.165) is 49.4 Å². The van der Waals surface area contributed by atoms with Crippen LogP contribution in [0.25, 0.3) is 0 Å². The Labute approximate surface area is 198 Å². The normalized spacial score (nSPS) is 32.1. The maximum Gasteiger partial charge on any atom is 0.314 e. The standard InChI is InChI=1S/C29H40F2O2/c1-3-5-6-21-15-16-26(28(31)27(21)30)33-29(32)22-11-9-20(10-12-22)24-14-13-23-17-19(4-2)7-8-25(23)18-24/h3,15-16,19-20,22-25H,1,4-14,17-18H2,2H3. The van der Waals surface area contributed by atoms with Crippen molar-refractivity contribution in [1.29, 1.82) is 0 Å². The molecule has 4 heteroatoms. The number of allylic oxidation sites excluding steroid dienone is 1. The largest absolute Gasteiger partial charge is 0.423 e. The first-order valence-corrected chi connectivity index (χ1v) is 13.3. The van der Waals surface area contributed by atoms with Crippen molar-refractivity contribution in [2.75, 3.05) is 0 Å². The molecule has 0 saturated heterocycles. The van der Waals surface area contributed by atoms with Crippen LogP contribution in [0.2, 0.25) is 0 Å². The molecule has 1 aromatic carbocycles. The molecule has 4 rings (SSSR count). The minimum absolute atomic E-state index is 0.208. The molecule has 182 valence electrons. The molecular weight excluding hydrogens is 418 g/mol. The van der Waals surface area contributed by atoms with Crippen LogP contribution < -0.4 is 4.74 Å². The third-order valence-electron chi connectivity index (χ3n) is 9.07. The Morgan fingerprint density at radius 2 is 1.58 bits per heavy atom. The van der Waals surface area contributed by atoms with E-state index in [1.165, 1.54) is 57.1 Å². The molecule has 3 saturated carbocycles. The van der Waals surface area contributed by atoms with Crippen LogP contribution in [0.4, 0.5) is 8.78 Å². The average molecular weight is 459 g/mol. The molecule has 0 aliphatic heterocycles. The Hall–Kier alpha value is -1.71. The summed E-state index contributed by atoms with van der Waals surface area (Å²) in [5.74, 6) is 1.43. The summed E-state index contributed by atoms with van der Waals surface area (Å²) < 4.78 is 34.0. The average Bonchev–Trinajstić information content (AvgIpc) is 2.85. The molecule has 0 heterocycles. The third-order valence-corrected chi connectivity index (χ3v) is 9.07. The van der Waals surface area contributed by atoms with Gasteiger partial charge in [-0.1, -0.05) is 31.9 Å². The van der Waals surface area contributed by atoms with E-state index >= 15 is 0 Å². The van der Waals surface area contributed by atoms with E-state index in [-0.39, 0.29) is 17.2 Å². The fourth-order valence-electron chi connectivity index (χ4n) is 6.94. The van der Waals surface area contributed by atoms with E-state index in [4.69, 9.17) is 4.74 Å². The number of aryl methyl sites for hydroxylation is 1. The highest BCUT2D eigenvalue weighted by molar-refractivity contribution is 5.75. The van der Waals surface area contributed by atoms with Crippen LogP contribution >= 0.6 is 0 Å². The number of rotatable bonds is 7. The van der Waals surface area contributed by atoms with E-state index in [0.29, 0.717) is 18.8 Å². The van der Waals surface area contributed by atoms with Crippen molar-refractivity contribution in [2.24, 2.45) is 35.5 Å². The monoisotopic (exact) mass is 458 g/mol. The van der Waals surface area contributed by atoms with Gasteiger partial charge in [0, 0.05) is 0 Å². The molecule has 0 amide bonds. The lowest BCUT2D eigenvalue weighted by molar-refractivity contribution is -0.140. The minimum Gasteiger partial charge on any atom is -0.423 e. The first kappa shape index (κ1) is 24.4. The van der Waals surface area contributed by atoms with Crippen molar-refractivity contribution in [3.63, 3.8) is 0 Å². The molecule has 33 heavy (non-hydrogen) atoms. The topological polar surface area (TPSA) is 26.3 Å². The summed E-state index contributed by atoms with van der Waals surface area (Å²) in [5, 5.41) is 0. The van der Waals surface area contributed by atoms with Gasteiger partial charge in [-0.2, -0.15) is 4.39 Å². The van der Waals surface area contributed by atoms with Crippen LogP contribution in [0.15, 0.2) is 24.8 Å². The zero-order valence-corrected chi connectivity index (χ0v) is 20.2. The molecular formula is C29H40F2O2. The molecule has 1 aromatic rings. The van der Waals surface area contributed by atoms with Crippen LogP contribution in [-0.2, 0) is 11.2 Å². The van der Waals surface area contributed by atoms with Crippen LogP contribution in [0.5, 0.6) is 5.75 Å². The second-order valence-electron chi connectivity index (χ2n) is 10.9. The van der Waals surface area contributed by atoms with Gasteiger partial charge in [0.2, 0.25) is 5.82 Å². The molecule has 4 unspecified atom stereocenters. The van der Waals surface area contributed by atoms with Gasteiger partial charge in [-0.25, -0.2) is 4.39 Å². The van der Waals surface area contributed by atoms with Crippen LogP contribution in [0.1, 0.15) is 89.5 Å². The molecule has 0 bridgehead atoms. The van der Waals surface area contributed by atoms with E-state index in [1.54, 1.807) is 6.08 Å². The zero-order chi connectivity index (χ0) is 23.4. The Balaban J connectivity index is 1.27. The Morgan fingerprint density at radius 3 is 2.27 bits per heavy atom. The fourth-order valence-corrected chi connectivity index (χ4v) is 6.94. The summed E-state index contributed by atoms with van der Waals surface area (Å²) in [6.07, 6.45) is 16.0. The SMILES string of the molecule is C=CCCc1ccc(OC(=O)C2CCC(C3CCC4CC(CC)CCC4C3)CC2)c(F)c1F. The number of carbonyl (C=O) groups is 1. The first-order valence-electron chi connectivity index (χ1n) is 13.3. The summed E-state index contributed by atoms with van der Waals surface area (Å²) in [6, 6.07) is 2.89. The first-order chi connectivity index (χ1) is 16.0. The predicted octanol–water partition coefficient (Wildman–Crippen LogP) is 8.04. The van der Waals surface area contributed by atoms with Gasteiger partial charge in [-0.15, -0.1) is 6.58 Å². The van der Waals surface area contributed by atoms with Gasteiger partial charge in [0.1, 0.15) is 0 Å². The fraction of sp³-hybridized carbons (Fsp3) is 0.690. The van der Waals surface area contributed by atoms with E-state index in [9.17, 15) is 13.6 Å². The van der Waals surface area contributed by atoms with Gasteiger partial charge < -0.3 is 4.74 Å². The van der Waals surface area contributed by atoms with Gasteiger partial charge in [0.15, 0.2) is 11.6 Å². The zero-order valence-electron chi connectivity index (χ0n) is 20.2. The number of benzene rings is 1. The molecule has 0 N–H and O–H groups in total. The number of esters is 1. The minimum atomic E-state index is -1.06. The maximum absolute atomic E-state index is 14.4. The molecule has 0 spiro atoms.